The zero-order valence-electron chi connectivity index (χ0n) is 8.53. The molecule has 0 saturated carbocycles. The third kappa shape index (κ3) is 2.25. The van der Waals surface area contributed by atoms with E-state index >= 15 is 0 Å². The van der Waals surface area contributed by atoms with Crippen molar-refractivity contribution in [3.63, 3.8) is 0 Å². The number of hydrogen-bond acceptors (Lipinski definition) is 1. The second-order valence-corrected chi connectivity index (χ2v) is 3.61. The zero-order valence-corrected chi connectivity index (χ0v) is 8.53. The van der Waals surface area contributed by atoms with E-state index in [0.717, 1.165) is 4.57 Å². The monoisotopic (exact) mass is 243 g/mol. The molecular weight excluding hydrogens is 235 g/mol. The number of aromatic carboxylic acids is 1. The van der Waals surface area contributed by atoms with Gasteiger partial charge in [-0.2, -0.15) is 13.2 Å². The molecule has 2 aromatic rings. The number of fused-ring (bicyclic) bond motifs is 1. The second-order valence-electron chi connectivity index (χ2n) is 3.61. The Morgan fingerprint density at radius 2 is 2.00 bits per heavy atom. The molecule has 0 aliphatic rings. The molecule has 0 atom stereocenters. The summed E-state index contributed by atoms with van der Waals surface area (Å²) in [6, 6.07) is 5.84. The number of halogens is 3. The van der Waals surface area contributed by atoms with Crippen LogP contribution >= 0.6 is 0 Å². The van der Waals surface area contributed by atoms with Gasteiger partial charge in [0, 0.05) is 11.6 Å². The lowest BCUT2D eigenvalue weighted by molar-refractivity contribution is -0.139. The van der Waals surface area contributed by atoms with E-state index in [9.17, 15) is 18.0 Å². The number of carboxylic acid groups (broad SMARTS) is 1. The number of hydrogen-bond donors (Lipinski definition) is 1. The molecule has 6 heteroatoms. The van der Waals surface area contributed by atoms with Crippen molar-refractivity contribution < 1.29 is 23.1 Å². The van der Waals surface area contributed by atoms with Crippen LogP contribution in [-0.4, -0.2) is 21.8 Å². The molecule has 1 N–H and O–H groups in total. The van der Waals surface area contributed by atoms with Gasteiger partial charge in [0.05, 0.1) is 11.1 Å². The molecule has 0 aliphatic heterocycles. The van der Waals surface area contributed by atoms with Crippen LogP contribution < -0.4 is 0 Å². The smallest absolute Gasteiger partial charge is 0.406 e. The van der Waals surface area contributed by atoms with Gasteiger partial charge >= 0.3 is 12.1 Å². The van der Waals surface area contributed by atoms with Crippen molar-refractivity contribution in [2.75, 3.05) is 0 Å². The van der Waals surface area contributed by atoms with Crippen LogP contribution in [0.2, 0.25) is 0 Å². The summed E-state index contributed by atoms with van der Waals surface area (Å²) >= 11 is 0. The Kier molecular flexibility index (Phi) is 2.57. The molecule has 17 heavy (non-hydrogen) atoms. The minimum atomic E-state index is -4.38. The van der Waals surface area contributed by atoms with E-state index in [4.69, 9.17) is 5.11 Å². The predicted molar refractivity (Wildman–Crippen MR) is 55.0 cm³/mol. The van der Waals surface area contributed by atoms with Crippen molar-refractivity contribution in [3.05, 3.63) is 36.0 Å². The highest BCUT2D eigenvalue weighted by Crippen LogP contribution is 2.25. The summed E-state index contributed by atoms with van der Waals surface area (Å²) in [5.74, 6) is -1.24. The van der Waals surface area contributed by atoms with Gasteiger partial charge in [-0.25, -0.2) is 4.79 Å². The van der Waals surface area contributed by atoms with Gasteiger partial charge in [0.25, 0.3) is 0 Å². The van der Waals surface area contributed by atoms with Gasteiger partial charge in [-0.3, -0.25) is 0 Å². The first-order chi connectivity index (χ1) is 7.88. The minimum absolute atomic E-state index is 0.0947. The van der Waals surface area contributed by atoms with E-state index in [1.807, 2.05) is 0 Å². The predicted octanol–water partition coefficient (Wildman–Crippen LogP) is 2.90. The van der Waals surface area contributed by atoms with Crippen LogP contribution in [0.5, 0.6) is 0 Å². The molecule has 0 spiro atoms. The average molecular weight is 243 g/mol. The lowest BCUT2D eigenvalue weighted by atomic mass is 10.1. The summed E-state index contributed by atoms with van der Waals surface area (Å²) in [6.07, 6.45) is -3.14. The van der Waals surface area contributed by atoms with Crippen LogP contribution in [0.1, 0.15) is 10.4 Å². The summed E-state index contributed by atoms with van der Waals surface area (Å²) < 4.78 is 37.8. The molecular formula is C11H8F3NO2. The summed E-state index contributed by atoms with van der Waals surface area (Å²) in [6.45, 7) is -1.19. The number of benzene rings is 1. The normalized spacial score (nSPS) is 11.9. The fourth-order valence-electron chi connectivity index (χ4n) is 1.76. The Labute approximate surface area is 94.1 Å². The van der Waals surface area contributed by atoms with Gasteiger partial charge < -0.3 is 9.67 Å². The van der Waals surface area contributed by atoms with Gasteiger partial charge in [-0.1, -0.05) is 12.1 Å². The fraction of sp³-hybridized carbons (Fsp3) is 0.182. The maximum Gasteiger partial charge on any atom is 0.406 e. The van der Waals surface area contributed by atoms with E-state index < -0.39 is 18.7 Å². The molecule has 0 aliphatic carbocycles. The number of rotatable bonds is 2. The molecule has 1 aromatic heterocycles. The Hall–Kier alpha value is -1.98. The van der Waals surface area contributed by atoms with Crippen LogP contribution in [0, 0.1) is 0 Å². The molecule has 0 saturated heterocycles. The molecule has 0 amide bonds. The van der Waals surface area contributed by atoms with Crippen molar-refractivity contribution in [2.45, 2.75) is 12.7 Å². The van der Waals surface area contributed by atoms with Crippen molar-refractivity contribution in [1.29, 1.82) is 0 Å². The topological polar surface area (TPSA) is 42.2 Å². The zero-order chi connectivity index (χ0) is 12.6. The Balaban J connectivity index is 2.61. The maximum atomic E-state index is 12.3. The standard InChI is InChI=1S/C11H8F3NO2/c12-11(13,14)6-15-5-4-7-2-1-3-8(9(7)15)10(16)17/h1-5H,6H2,(H,16,17). The number of alkyl halides is 3. The van der Waals surface area contributed by atoms with Crippen molar-refractivity contribution in [3.8, 4) is 0 Å². The van der Waals surface area contributed by atoms with E-state index in [-0.39, 0.29) is 11.1 Å². The highest BCUT2D eigenvalue weighted by atomic mass is 19.4. The Bertz CT molecular complexity index is 572. The number of para-hydroxylation sites is 1. The average Bonchev–Trinajstić information content (AvgIpc) is 2.59. The molecule has 0 radical (unpaired) electrons. The molecule has 3 nitrogen and oxygen atoms in total. The van der Waals surface area contributed by atoms with Gasteiger partial charge in [0.1, 0.15) is 6.54 Å². The lowest BCUT2D eigenvalue weighted by Gasteiger charge is -2.10. The van der Waals surface area contributed by atoms with Crippen LogP contribution in [0.3, 0.4) is 0 Å². The first-order valence-electron chi connectivity index (χ1n) is 4.76. The summed E-state index contributed by atoms with van der Waals surface area (Å²) in [5.41, 5.74) is -0.0333. The fourth-order valence-corrected chi connectivity index (χ4v) is 1.76. The molecule has 0 fully saturated rings. The second kappa shape index (κ2) is 3.80. The van der Waals surface area contributed by atoms with E-state index in [1.54, 1.807) is 6.07 Å². The van der Waals surface area contributed by atoms with Crippen LogP contribution in [0.25, 0.3) is 10.9 Å². The molecule has 2 rings (SSSR count). The number of carboxylic acids is 1. The molecule has 1 aromatic carbocycles. The van der Waals surface area contributed by atoms with Gasteiger partial charge in [0.2, 0.25) is 0 Å². The first-order valence-corrected chi connectivity index (χ1v) is 4.76. The van der Waals surface area contributed by atoms with Crippen LogP contribution in [0.15, 0.2) is 30.5 Å². The van der Waals surface area contributed by atoms with Gasteiger partial charge in [0.15, 0.2) is 0 Å². The van der Waals surface area contributed by atoms with Crippen molar-refractivity contribution in [2.24, 2.45) is 0 Å². The molecule has 0 unspecified atom stereocenters. The van der Waals surface area contributed by atoms with Crippen LogP contribution in [0.4, 0.5) is 13.2 Å². The molecule has 90 valence electrons. The summed E-state index contributed by atoms with van der Waals surface area (Å²) in [4.78, 5) is 10.9. The Morgan fingerprint density at radius 3 is 2.59 bits per heavy atom. The van der Waals surface area contributed by atoms with E-state index in [1.165, 1.54) is 24.4 Å². The minimum Gasteiger partial charge on any atom is -0.478 e. The Morgan fingerprint density at radius 1 is 1.29 bits per heavy atom. The van der Waals surface area contributed by atoms with Gasteiger partial charge in [-0.15, -0.1) is 0 Å². The first kappa shape index (κ1) is 11.5. The largest absolute Gasteiger partial charge is 0.478 e. The number of nitrogens with zero attached hydrogens (tertiary/aromatic N) is 1. The quantitative estimate of drug-likeness (QED) is 0.881. The molecule has 0 bridgehead atoms. The highest BCUT2D eigenvalue weighted by Gasteiger charge is 2.29. The van der Waals surface area contributed by atoms with E-state index in [2.05, 4.69) is 0 Å². The van der Waals surface area contributed by atoms with Crippen LogP contribution in [-0.2, 0) is 6.54 Å². The number of aromatic nitrogens is 1. The summed E-state index contributed by atoms with van der Waals surface area (Å²) in [7, 11) is 0. The SMILES string of the molecule is O=C(O)c1cccc2ccn(CC(F)(F)F)c12. The van der Waals surface area contributed by atoms with Crippen molar-refractivity contribution >= 4 is 16.9 Å². The summed E-state index contributed by atoms with van der Waals surface area (Å²) in [5, 5.41) is 9.41. The molecule has 1 heterocycles. The third-order valence-electron chi connectivity index (χ3n) is 2.37. The maximum absolute atomic E-state index is 12.3. The van der Waals surface area contributed by atoms with Gasteiger partial charge in [-0.05, 0) is 12.1 Å². The number of carbonyl (C=O) groups is 1. The van der Waals surface area contributed by atoms with E-state index in [0.29, 0.717) is 5.39 Å². The lowest BCUT2D eigenvalue weighted by Crippen LogP contribution is -2.17. The van der Waals surface area contributed by atoms with Crippen molar-refractivity contribution in [1.82, 2.24) is 4.57 Å². The third-order valence-corrected chi connectivity index (χ3v) is 2.37. The highest BCUT2D eigenvalue weighted by molar-refractivity contribution is 6.02.